The van der Waals surface area contributed by atoms with Crippen LogP contribution in [0.25, 0.3) is 0 Å². The summed E-state index contributed by atoms with van der Waals surface area (Å²) in [6.07, 6.45) is 1.68. The van der Waals surface area contributed by atoms with E-state index in [0.717, 1.165) is 18.9 Å². The van der Waals surface area contributed by atoms with Crippen LogP contribution in [0.15, 0.2) is 18.2 Å². The van der Waals surface area contributed by atoms with Crippen molar-refractivity contribution < 1.29 is 18.4 Å². The molecule has 3 aliphatic heterocycles. The molecule has 25 heavy (non-hydrogen) atoms. The Morgan fingerprint density at radius 2 is 1.96 bits per heavy atom. The van der Waals surface area contributed by atoms with Crippen molar-refractivity contribution in [3.63, 3.8) is 0 Å². The average Bonchev–Trinajstić information content (AvgIpc) is 2.82. The van der Waals surface area contributed by atoms with Gasteiger partial charge in [-0.25, -0.2) is 8.78 Å². The predicted octanol–water partition coefficient (Wildman–Crippen LogP) is 1.48. The number of halogens is 2. The predicted molar refractivity (Wildman–Crippen MR) is 88.6 cm³/mol. The van der Waals surface area contributed by atoms with Gasteiger partial charge in [0.15, 0.2) is 11.6 Å². The van der Waals surface area contributed by atoms with E-state index >= 15 is 0 Å². The maximum absolute atomic E-state index is 13.4. The molecule has 0 saturated carbocycles. The molecular weight excluding hydrogens is 328 g/mol. The fourth-order valence-electron chi connectivity index (χ4n) is 3.65. The van der Waals surface area contributed by atoms with E-state index in [2.05, 4.69) is 4.90 Å². The molecule has 0 unspecified atom stereocenters. The van der Waals surface area contributed by atoms with E-state index in [4.69, 9.17) is 0 Å². The summed E-state index contributed by atoms with van der Waals surface area (Å²) in [5.41, 5.74) is 0.684. The summed E-state index contributed by atoms with van der Waals surface area (Å²) >= 11 is 0. The highest BCUT2D eigenvalue weighted by atomic mass is 19.2. The maximum atomic E-state index is 13.4. The molecule has 0 radical (unpaired) electrons. The van der Waals surface area contributed by atoms with Crippen molar-refractivity contribution in [3.8, 4) is 0 Å². The summed E-state index contributed by atoms with van der Waals surface area (Å²) in [7, 11) is 3.36. The van der Waals surface area contributed by atoms with Crippen LogP contribution in [0.5, 0.6) is 0 Å². The molecule has 0 aliphatic carbocycles. The Morgan fingerprint density at radius 1 is 1.20 bits per heavy atom. The Balaban J connectivity index is 1.73. The molecule has 3 saturated heterocycles. The van der Waals surface area contributed by atoms with Gasteiger partial charge in [-0.2, -0.15) is 0 Å². The first-order chi connectivity index (χ1) is 11.8. The van der Waals surface area contributed by atoms with Crippen LogP contribution in [0.3, 0.4) is 0 Å². The van der Waals surface area contributed by atoms with Gasteiger partial charge in [-0.15, -0.1) is 0 Å². The number of rotatable bonds is 4. The van der Waals surface area contributed by atoms with E-state index in [1.165, 1.54) is 11.0 Å². The van der Waals surface area contributed by atoms with Gasteiger partial charge < -0.3 is 9.80 Å². The van der Waals surface area contributed by atoms with Gasteiger partial charge in [0, 0.05) is 39.8 Å². The standard InChI is InChI=1S/C18H23F2N3O2/c1-21(2)17(24)11-23-14-5-4-13(18(23)25)9-22(10-14)8-12-3-6-15(19)16(20)7-12/h3,6-7,13-14H,4-5,8-11H2,1-2H3/t13-,14+/m0/s1. The van der Waals surface area contributed by atoms with Crippen LogP contribution in [-0.4, -0.2) is 66.3 Å². The molecule has 4 rings (SSSR count). The highest BCUT2D eigenvalue weighted by Gasteiger charge is 2.41. The zero-order chi connectivity index (χ0) is 18.1. The van der Waals surface area contributed by atoms with Crippen LogP contribution >= 0.6 is 0 Å². The van der Waals surface area contributed by atoms with Gasteiger partial charge in [0.25, 0.3) is 0 Å². The van der Waals surface area contributed by atoms with Crippen molar-refractivity contribution in [2.24, 2.45) is 5.92 Å². The molecule has 2 amide bonds. The van der Waals surface area contributed by atoms with Crippen molar-refractivity contribution in [2.75, 3.05) is 33.7 Å². The Hall–Kier alpha value is -2.02. The lowest BCUT2D eigenvalue weighted by Crippen LogP contribution is -2.51. The lowest BCUT2D eigenvalue weighted by Gasteiger charge is -2.36. The molecule has 1 aromatic rings. The van der Waals surface area contributed by atoms with Crippen LogP contribution in [0, 0.1) is 17.6 Å². The van der Waals surface area contributed by atoms with E-state index in [1.807, 2.05) is 0 Å². The number of carbonyl (C=O) groups is 2. The molecule has 1 aromatic carbocycles. The van der Waals surface area contributed by atoms with Gasteiger partial charge in [0.2, 0.25) is 11.8 Å². The molecule has 2 bridgehead atoms. The Labute approximate surface area is 146 Å². The molecule has 0 N–H and O–H groups in total. The number of hydrogen-bond donors (Lipinski definition) is 0. The quantitative estimate of drug-likeness (QED) is 0.825. The third kappa shape index (κ3) is 3.81. The van der Waals surface area contributed by atoms with Gasteiger partial charge in [-0.3, -0.25) is 14.5 Å². The summed E-state index contributed by atoms with van der Waals surface area (Å²) in [4.78, 5) is 30.0. The number of benzene rings is 1. The molecular formula is C18H23F2N3O2. The minimum absolute atomic E-state index is 0.0135. The molecule has 2 atom stereocenters. The van der Waals surface area contributed by atoms with E-state index in [-0.39, 0.29) is 30.3 Å². The van der Waals surface area contributed by atoms with Gasteiger partial charge in [-0.1, -0.05) is 6.07 Å². The Kier molecular flexibility index (Phi) is 5.03. The van der Waals surface area contributed by atoms with Gasteiger partial charge >= 0.3 is 0 Å². The van der Waals surface area contributed by atoms with E-state index in [1.54, 1.807) is 25.1 Å². The van der Waals surface area contributed by atoms with Crippen LogP contribution in [0.1, 0.15) is 18.4 Å². The monoisotopic (exact) mass is 351 g/mol. The molecule has 3 aliphatic rings. The summed E-state index contributed by atoms with van der Waals surface area (Å²) in [6, 6.07) is 3.89. The van der Waals surface area contributed by atoms with Crippen LogP contribution in [0.4, 0.5) is 8.78 Å². The summed E-state index contributed by atoms with van der Waals surface area (Å²) in [5, 5.41) is 0. The smallest absolute Gasteiger partial charge is 0.241 e. The van der Waals surface area contributed by atoms with Crippen LogP contribution < -0.4 is 0 Å². The number of hydrogen-bond acceptors (Lipinski definition) is 3. The molecule has 7 heteroatoms. The topological polar surface area (TPSA) is 43.9 Å². The van der Waals surface area contributed by atoms with Crippen LogP contribution in [-0.2, 0) is 16.1 Å². The second-order valence-corrected chi connectivity index (χ2v) is 7.12. The zero-order valence-corrected chi connectivity index (χ0v) is 14.5. The fourth-order valence-corrected chi connectivity index (χ4v) is 3.65. The molecule has 136 valence electrons. The largest absolute Gasteiger partial charge is 0.347 e. The van der Waals surface area contributed by atoms with Crippen molar-refractivity contribution in [3.05, 3.63) is 35.4 Å². The zero-order valence-electron chi connectivity index (χ0n) is 14.5. The highest BCUT2D eigenvalue weighted by molar-refractivity contribution is 5.86. The number of piperidine rings is 1. The highest BCUT2D eigenvalue weighted by Crippen LogP contribution is 2.30. The number of amides is 2. The second kappa shape index (κ2) is 7.07. The first-order valence-corrected chi connectivity index (χ1v) is 8.52. The SMILES string of the molecule is CN(C)C(=O)CN1C(=O)[C@H]2CC[C@@H]1CN(Cc1ccc(F)c(F)c1)C2. The molecule has 0 spiro atoms. The first-order valence-electron chi connectivity index (χ1n) is 8.52. The van der Waals surface area contributed by atoms with Gasteiger partial charge in [0.05, 0.1) is 5.92 Å². The van der Waals surface area contributed by atoms with Gasteiger partial charge in [-0.05, 0) is 30.5 Å². The van der Waals surface area contributed by atoms with Crippen molar-refractivity contribution in [1.82, 2.24) is 14.7 Å². The van der Waals surface area contributed by atoms with Crippen molar-refractivity contribution in [1.29, 1.82) is 0 Å². The van der Waals surface area contributed by atoms with E-state index < -0.39 is 11.6 Å². The van der Waals surface area contributed by atoms with E-state index in [0.29, 0.717) is 25.2 Å². The normalized spacial score (nSPS) is 23.7. The summed E-state index contributed by atoms with van der Waals surface area (Å²) in [5.74, 6) is -1.92. The first kappa shape index (κ1) is 17.8. The molecule has 5 nitrogen and oxygen atoms in total. The summed E-state index contributed by atoms with van der Waals surface area (Å²) < 4.78 is 26.5. The number of nitrogens with zero attached hydrogens (tertiary/aromatic N) is 3. The Morgan fingerprint density at radius 3 is 2.64 bits per heavy atom. The third-order valence-corrected chi connectivity index (χ3v) is 5.06. The van der Waals surface area contributed by atoms with E-state index in [9.17, 15) is 18.4 Å². The lowest BCUT2D eigenvalue weighted by molar-refractivity contribution is -0.145. The number of likely N-dealkylation sites (N-methyl/N-ethyl adjacent to an activating group) is 1. The Bertz CT molecular complexity index is 680. The average molecular weight is 351 g/mol. The minimum Gasteiger partial charge on any atom is -0.347 e. The summed E-state index contributed by atoms with van der Waals surface area (Å²) in [6.45, 7) is 1.79. The number of fused-ring (bicyclic) bond motifs is 4. The van der Waals surface area contributed by atoms with Crippen molar-refractivity contribution in [2.45, 2.75) is 25.4 Å². The van der Waals surface area contributed by atoms with Gasteiger partial charge in [0.1, 0.15) is 6.54 Å². The molecule has 0 aromatic heterocycles. The number of carbonyl (C=O) groups excluding carboxylic acids is 2. The maximum Gasteiger partial charge on any atom is 0.241 e. The lowest BCUT2D eigenvalue weighted by atomic mass is 9.94. The third-order valence-electron chi connectivity index (χ3n) is 5.06. The van der Waals surface area contributed by atoms with Crippen molar-refractivity contribution >= 4 is 11.8 Å². The minimum atomic E-state index is -0.858. The van der Waals surface area contributed by atoms with Crippen LogP contribution in [0.2, 0.25) is 0 Å². The molecule has 3 fully saturated rings. The molecule has 3 heterocycles. The second-order valence-electron chi connectivity index (χ2n) is 7.12. The fraction of sp³-hybridized carbons (Fsp3) is 0.556.